The molecule has 2 aromatic carbocycles. The molecule has 0 aliphatic heterocycles. The summed E-state index contributed by atoms with van der Waals surface area (Å²) >= 11 is 0. The summed E-state index contributed by atoms with van der Waals surface area (Å²) in [6.07, 6.45) is 3.18. The summed E-state index contributed by atoms with van der Waals surface area (Å²) in [6, 6.07) is 15.3. The molecular weight excluding hydrogens is 295 g/mol. The van der Waals surface area contributed by atoms with E-state index in [0.29, 0.717) is 6.54 Å². The Hall–Kier alpha value is -2.95. The molecule has 1 aromatic heterocycles. The van der Waals surface area contributed by atoms with Crippen molar-refractivity contribution in [2.24, 2.45) is 0 Å². The van der Waals surface area contributed by atoms with Crippen LogP contribution >= 0.6 is 0 Å². The molecule has 0 saturated carbocycles. The molecule has 0 atom stereocenters. The minimum absolute atomic E-state index is 0.237. The van der Waals surface area contributed by atoms with E-state index in [2.05, 4.69) is 0 Å². The number of nitrogens with zero attached hydrogens (tertiary/aromatic N) is 2. The van der Waals surface area contributed by atoms with Crippen molar-refractivity contribution in [3.63, 3.8) is 0 Å². The van der Waals surface area contributed by atoms with E-state index >= 15 is 0 Å². The van der Waals surface area contributed by atoms with Gasteiger partial charge in [0.25, 0.3) is 0 Å². The third kappa shape index (κ3) is 3.45. The molecule has 3 aromatic rings. The van der Waals surface area contributed by atoms with Gasteiger partial charge in [0.15, 0.2) is 0 Å². The standard InChI is InChI=1S/C18H15FN2O2/c19-16-8-6-15(7-9-16)13-21-11-10-20(17(22)18(21)23)12-14-4-2-1-3-5-14/h1-11H,12-13H2. The lowest BCUT2D eigenvalue weighted by Crippen LogP contribution is -2.40. The van der Waals surface area contributed by atoms with Gasteiger partial charge in [-0.25, -0.2) is 4.39 Å². The van der Waals surface area contributed by atoms with Gasteiger partial charge in [0.1, 0.15) is 5.82 Å². The number of benzene rings is 2. The second-order valence-electron chi connectivity index (χ2n) is 5.28. The molecule has 0 bridgehead atoms. The highest BCUT2D eigenvalue weighted by molar-refractivity contribution is 5.17. The third-order valence-corrected chi connectivity index (χ3v) is 3.59. The number of hydrogen-bond acceptors (Lipinski definition) is 2. The molecule has 23 heavy (non-hydrogen) atoms. The van der Waals surface area contributed by atoms with Crippen LogP contribution in [0.15, 0.2) is 76.6 Å². The molecular formula is C18H15FN2O2. The van der Waals surface area contributed by atoms with Crippen LogP contribution in [0.25, 0.3) is 0 Å². The Labute approximate surface area is 132 Å². The van der Waals surface area contributed by atoms with Gasteiger partial charge in [-0.2, -0.15) is 0 Å². The van der Waals surface area contributed by atoms with Crippen molar-refractivity contribution in [3.8, 4) is 0 Å². The van der Waals surface area contributed by atoms with Crippen LogP contribution in [-0.2, 0) is 13.1 Å². The largest absolute Gasteiger partial charge is 0.316 e. The zero-order valence-corrected chi connectivity index (χ0v) is 12.4. The molecule has 116 valence electrons. The van der Waals surface area contributed by atoms with Gasteiger partial charge in [-0.1, -0.05) is 42.5 Å². The summed E-state index contributed by atoms with van der Waals surface area (Å²) < 4.78 is 15.6. The van der Waals surface area contributed by atoms with E-state index in [9.17, 15) is 14.0 Å². The predicted octanol–water partition coefficient (Wildman–Crippen LogP) is 2.25. The van der Waals surface area contributed by atoms with Crippen molar-refractivity contribution in [2.75, 3.05) is 0 Å². The van der Waals surface area contributed by atoms with Crippen LogP contribution in [0.4, 0.5) is 4.39 Å². The van der Waals surface area contributed by atoms with Crippen LogP contribution in [-0.4, -0.2) is 9.13 Å². The van der Waals surface area contributed by atoms with Gasteiger partial charge in [0.2, 0.25) is 0 Å². The first-order chi connectivity index (χ1) is 11.1. The summed E-state index contributed by atoms with van der Waals surface area (Å²) in [6.45, 7) is 0.590. The molecule has 0 saturated heterocycles. The van der Waals surface area contributed by atoms with Crippen molar-refractivity contribution in [2.45, 2.75) is 13.1 Å². The maximum absolute atomic E-state index is 12.9. The van der Waals surface area contributed by atoms with E-state index in [0.717, 1.165) is 11.1 Å². The van der Waals surface area contributed by atoms with Gasteiger partial charge in [0.05, 0.1) is 13.1 Å². The van der Waals surface area contributed by atoms with E-state index in [-0.39, 0.29) is 12.4 Å². The topological polar surface area (TPSA) is 44.0 Å². The summed E-state index contributed by atoms with van der Waals surface area (Å²) in [7, 11) is 0. The smallest absolute Gasteiger partial charge is 0.305 e. The summed E-state index contributed by atoms with van der Waals surface area (Å²) in [5.41, 5.74) is 0.546. The average molecular weight is 310 g/mol. The Morgan fingerprint density at radius 3 is 1.70 bits per heavy atom. The number of aromatic nitrogens is 2. The molecule has 4 nitrogen and oxygen atoms in total. The Kier molecular flexibility index (Phi) is 4.19. The second-order valence-corrected chi connectivity index (χ2v) is 5.28. The molecule has 0 unspecified atom stereocenters. The highest BCUT2D eigenvalue weighted by atomic mass is 19.1. The van der Waals surface area contributed by atoms with E-state index in [1.165, 1.54) is 21.3 Å². The van der Waals surface area contributed by atoms with Crippen molar-refractivity contribution < 1.29 is 4.39 Å². The van der Waals surface area contributed by atoms with Gasteiger partial charge in [-0.15, -0.1) is 0 Å². The zero-order valence-electron chi connectivity index (χ0n) is 12.4. The zero-order chi connectivity index (χ0) is 16.2. The fraction of sp³-hybridized carbons (Fsp3) is 0.111. The Morgan fingerprint density at radius 2 is 1.17 bits per heavy atom. The lowest BCUT2D eigenvalue weighted by Gasteiger charge is -2.09. The van der Waals surface area contributed by atoms with Crippen molar-refractivity contribution in [1.82, 2.24) is 9.13 Å². The Balaban J connectivity index is 1.87. The highest BCUT2D eigenvalue weighted by Crippen LogP contribution is 2.04. The number of halogens is 1. The van der Waals surface area contributed by atoms with Gasteiger partial charge < -0.3 is 9.13 Å². The SMILES string of the molecule is O=c1c(=O)n(Cc2ccc(F)cc2)ccn1Cc1ccccc1. The maximum atomic E-state index is 12.9. The minimum atomic E-state index is -0.590. The number of rotatable bonds is 4. The molecule has 0 spiro atoms. The first kappa shape index (κ1) is 15.0. The average Bonchev–Trinajstić information content (AvgIpc) is 2.57. The van der Waals surface area contributed by atoms with Crippen LogP contribution in [0.1, 0.15) is 11.1 Å². The van der Waals surface area contributed by atoms with Crippen LogP contribution in [0.2, 0.25) is 0 Å². The lowest BCUT2D eigenvalue weighted by molar-refractivity contribution is 0.624. The number of hydrogen-bond donors (Lipinski definition) is 0. The second kappa shape index (κ2) is 6.44. The quantitative estimate of drug-likeness (QED) is 0.694. The Bertz CT molecular complexity index is 912. The molecule has 1 heterocycles. The van der Waals surface area contributed by atoms with Crippen molar-refractivity contribution >= 4 is 0 Å². The third-order valence-electron chi connectivity index (χ3n) is 3.59. The van der Waals surface area contributed by atoms with Gasteiger partial charge in [0, 0.05) is 12.4 Å². The summed E-state index contributed by atoms with van der Waals surface area (Å²) in [5.74, 6) is -0.334. The fourth-order valence-electron chi connectivity index (χ4n) is 2.36. The first-order valence-corrected chi connectivity index (χ1v) is 7.22. The molecule has 0 aliphatic carbocycles. The molecule has 0 aliphatic rings. The van der Waals surface area contributed by atoms with E-state index < -0.39 is 11.1 Å². The van der Waals surface area contributed by atoms with Gasteiger partial charge in [-0.05, 0) is 23.3 Å². The van der Waals surface area contributed by atoms with Gasteiger partial charge in [-0.3, -0.25) is 9.59 Å². The summed E-state index contributed by atoms with van der Waals surface area (Å²) in [4.78, 5) is 24.4. The summed E-state index contributed by atoms with van der Waals surface area (Å²) in [5, 5.41) is 0. The van der Waals surface area contributed by atoms with Crippen LogP contribution < -0.4 is 11.1 Å². The normalized spacial score (nSPS) is 10.7. The Morgan fingerprint density at radius 1 is 0.696 bits per heavy atom. The maximum Gasteiger partial charge on any atom is 0.316 e. The van der Waals surface area contributed by atoms with Crippen LogP contribution in [0, 0.1) is 5.82 Å². The molecule has 0 fully saturated rings. The molecule has 0 amide bonds. The van der Waals surface area contributed by atoms with E-state index in [1.807, 2.05) is 30.3 Å². The van der Waals surface area contributed by atoms with Crippen molar-refractivity contribution in [1.29, 1.82) is 0 Å². The van der Waals surface area contributed by atoms with E-state index in [4.69, 9.17) is 0 Å². The molecule has 0 radical (unpaired) electrons. The van der Waals surface area contributed by atoms with Crippen LogP contribution in [0.3, 0.4) is 0 Å². The van der Waals surface area contributed by atoms with Crippen molar-refractivity contribution in [3.05, 3.63) is 105 Å². The van der Waals surface area contributed by atoms with Crippen LogP contribution in [0.5, 0.6) is 0 Å². The highest BCUT2D eigenvalue weighted by Gasteiger charge is 2.06. The monoisotopic (exact) mass is 310 g/mol. The molecule has 3 rings (SSSR count). The molecule has 5 heteroatoms. The lowest BCUT2D eigenvalue weighted by atomic mass is 10.2. The van der Waals surface area contributed by atoms with E-state index in [1.54, 1.807) is 24.5 Å². The first-order valence-electron chi connectivity index (χ1n) is 7.22. The molecule has 0 N–H and O–H groups in total. The van der Waals surface area contributed by atoms with Gasteiger partial charge >= 0.3 is 11.1 Å². The minimum Gasteiger partial charge on any atom is -0.305 e. The fourth-order valence-corrected chi connectivity index (χ4v) is 2.36. The predicted molar refractivity (Wildman–Crippen MR) is 86.0 cm³/mol.